The first kappa shape index (κ1) is 74.0. The van der Waals surface area contributed by atoms with Gasteiger partial charge in [0.1, 0.15) is 0 Å². The van der Waals surface area contributed by atoms with Gasteiger partial charge in [-0.3, -0.25) is 9.97 Å². The van der Waals surface area contributed by atoms with Crippen molar-refractivity contribution in [2.45, 2.75) is 38.9 Å². The molecule has 10 nitrogen and oxygen atoms in total. The van der Waals surface area contributed by atoms with Crippen molar-refractivity contribution in [2.75, 3.05) is 0 Å². The SMILES string of the molecule is Brc1nc(-c2ccc(-c3ccccc3)cc2)cc(-c2ccc(-c3ccccc3)cc2)n1.CC1(C)OB(c2ccc(-c3ccc4ccc5cccnc5c4n3)c3ccccc23)OC1(C)C.c1ccc(-c2ccc(-c3cc(-c4ccc(-c5ccccc5)cc4)nc(-c4ccc(-c5ccc6ccc7cccnc7c6n5)c5ccccc45)n3)cc2)cc1. The molecule has 0 unspecified atom stereocenters. The lowest BCUT2D eigenvalue weighted by atomic mass is 9.75. The van der Waals surface area contributed by atoms with Gasteiger partial charge in [0.15, 0.2) is 10.6 Å². The lowest BCUT2D eigenvalue weighted by Crippen LogP contribution is -2.41. The zero-order valence-corrected chi connectivity index (χ0v) is 66.9. The molecule has 20 aromatic rings. The maximum Gasteiger partial charge on any atom is 0.495 e. The molecule has 0 radical (unpaired) electrons. The number of aromatic nitrogens is 8. The van der Waals surface area contributed by atoms with E-state index in [2.05, 4.69) is 397 Å². The standard InChI is InChI=1S/C50H32N4.C28H25BN2O2.C28H19BrN2/c1-3-10-33(11-4-1)35-17-21-37(22-18-35)46-32-47(38-23-19-36(20-24-38)34-12-5-2-6-13-34)54-50(53-46)44-29-28-43(41-15-7-8-16-42(41)44)45-30-27-40-26-25-39-14-9-31-51-48(39)49(40)52-45;1-27(2)28(3,4)33-29(32-27)23-15-14-22(20-9-5-6-10-21(20)23)24-16-13-19-12-11-18-8-7-17-30-25(18)26(19)31-24;29-28-30-26(24-15-11-22(12-16-24)20-7-3-1-4-8-20)19-27(31-28)25-17-13-23(14-18-25)21-9-5-2-6-10-21/h1-32H;5-17H,1-4H3;1-19H. The van der Waals surface area contributed by atoms with E-state index in [0.29, 0.717) is 10.6 Å². The van der Waals surface area contributed by atoms with Crippen molar-refractivity contribution in [1.29, 1.82) is 0 Å². The van der Waals surface area contributed by atoms with E-state index in [1.807, 2.05) is 54.9 Å². The Morgan fingerprint density at radius 1 is 0.237 bits per heavy atom. The van der Waals surface area contributed by atoms with Gasteiger partial charge >= 0.3 is 7.12 Å². The molecule has 21 rings (SSSR count). The molecular weight excluding hydrogens is 1510 g/mol. The Kier molecular flexibility index (Phi) is 20.0. The van der Waals surface area contributed by atoms with Crippen molar-refractivity contribution < 1.29 is 9.31 Å². The minimum atomic E-state index is -0.411. The fourth-order valence-corrected chi connectivity index (χ4v) is 16.0. The van der Waals surface area contributed by atoms with Crippen LogP contribution in [0.3, 0.4) is 0 Å². The second-order valence-corrected chi connectivity index (χ2v) is 31.2. The maximum absolute atomic E-state index is 6.36. The monoisotopic (exact) mass is 1580 g/mol. The molecule has 0 atom stereocenters. The van der Waals surface area contributed by atoms with Gasteiger partial charge in [0.2, 0.25) is 0 Å². The summed E-state index contributed by atoms with van der Waals surface area (Å²) in [5.74, 6) is 0.672. The average molecular weight is 1580 g/mol. The number of benzene rings is 14. The molecule has 0 aliphatic carbocycles. The Hall–Kier alpha value is -14.1. The summed E-state index contributed by atoms with van der Waals surface area (Å²) in [6.07, 6.45) is 3.66. The zero-order valence-electron chi connectivity index (χ0n) is 65.3. The predicted octanol–water partition coefficient (Wildman–Crippen LogP) is 26.5. The first-order valence-electron chi connectivity index (χ1n) is 39.6. The van der Waals surface area contributed by atoms with Gasteiger partial charge in [-0.1, -0.05) is 334 Å². The van der Waals surface area contributed by atoms with E-state index < -0.39 is 7.12 Å². The lowest BCUT2D eigenvalue weighted by Gasteiger charge is -2.32. The van der Waals surface area contributed by atoms with Crippen molar-refractivity contribution in [3.8, 4) is 123 Å². The summed E-state index contributed by atoms with van der Waals surface area (Å²) in [5.41, 5.74) is 26.0. The van der Waals surface area contributed by atoms with Gasteiger partial charge in [0, 0.05) is 72.9 Å². The van der Waals surface area contributed by atoms with Crippen LogP contribution in [0.15, 0.2) is 393 Å². The topological polar surface area (TPSA) is 122 Å². The van der Waals surface area contributed by atoms with Crippen LogP contribution in [0.2, 0.25) is 0 Å². The van der Waals surface area contributed by atoms with Crippen LogP contribution in [0.1, 0.15) is 27.7 Å². The first-order chi connectivity index (χ1) is 57.8. The van der Waals surface area contributed by atoms with E-state index in [1.54, 1.807) is 0 Å². The maximum atomic E-state index is 6.36. The number of pyridine rings is 4. The summed E-state index contributed by atoms with van der Waals surface area (Å²) in [4.78, 5) is 39.3. The van der Waals surface area contributed by atoms with Crippen LogP contribution in [0.4, 0.5) is 0 Å². The number of halogens is 1. The fraction of sp³-hybridized carbons (Fsp3) is 0.0566. The number of fused-ring (bicyclic) bond motifs is 8. The van der Waals surface area contributed by atoms with Gasteiger partial charge in [-0.25, -0.2) is 29.9 Å². The molecule has 118 heavy (non-hydrogen) atoms. The summed E-state index contributed by atoms with van der Waals surface area (Å²) in [6.45, 7) is 8.34. The fourth-order valence-electron chi connectivity index (χ4n) is 15.6. The van der Waals surface area contributed by atoms with Crippen molar-refractivity contribution >= 4 is 93.7 Å². The molecule has 6 aromatic heterocycles. The summed E-state index contributed by atoms with van der Waals surface area (Å²) < 4.78 is 13.3. The molecule has 562 valence electrons. The highest BCUT2D eigenvalue weighted by Gasteiger charge is 2.52. The van der Waals surface area contributed by atoms with E-state index in [1.165, 1.54) is 33.4 Å². The lowest BCUT2D eigenvalue weighted by molar-refractivity contribution is 0.00578. The molecule has 12 heteroatoms. The van der Waals surface area contributed by atoms with Gasteiger partial charge in [0.25, 0.3) is 0 Å². The van der Waals surface area contributed by atoms with Crippen LogP contribution >= 0.6 is 15.9 Å². The Morgan fingerprint density at radius 2 is 0.525 bits per heavy atom. The second-order valence-electron chi connectivity index (χ2n) is 30.5. The highest BCUT2D eigenvalue weighted by molar-refractivity contribution is 9.10. The molecule has 0 bridgehead atoms. The quantitative estimate of drug-likeness (QED) is 0.0664. The van der Waals surface area contributed by atoms with Gasteiger partial charge < -0.3 is 9.31 Å². The van der Waals surface area contributed by atoms with Crippen LogP contribution in [0, 0.1) is 0 Å². The van der Waals surface area contributed by atoms with Crippen LogP contribution in [-0.2, 0) is 9.31 Å². The molecule has 0 saturated carbocycles. The molecule has 1 fully saturated rings. The molecule has 0 spiro atoms. The minimum Gasteiger partial charge on any atom is -0.399 e. The third-order valence-electron chi connectivity index (χ3n) is 22.6. The summed E-state index contributed by atoms with van der Waals surface area (Å²) >= 11 is 3.49. The Labute approximate surface area is 693 Å². The van der Waals surface area contributed by atoms with Crippen molar-refractivity contribution in [3.05, 3.63) is 393 Å². The summed E-state index contributed by atoms with van der Waals surface area (Å²) in [6, 6.07) is 130. The molecule has 7 heterocycles. The van der Waals surface area contributed by atoms with Crippen LogP contribution in [0.25, 0.3) is 189 Å². The smallest absolute Gasteiger partial charge is 0.399 e. The zero-order chi connectivity index (χ0) is 79.7. The van der Waals surface area contributed by atoms with Gasteiger partial charge in [-0.05, 0) is 158 Å². The number of hydrogen-bond acceptors (Lipinski definition) is 10. The van der Waals surface area contributed by atoms with Gasteiger partial charge in [0.05, 0.1) is 67.4 Å². The van der Waals surface area contributed by atoms with E-state index in [9.17, 15) is 0 Å². The Morgan fingerprint density at radius 3 is 0.907 bits per heavy atom. The van der Waals surface area contributed by atoms with E-state index in [-0.39, 0.29) is 11.2 Å². The molecule has 0 amide bonds. The second kappa shape index (κ2) is 31.9. The van der Waals surface area contributed by atoms with E-state index in [4.69, 9.17) is 29.2 Å². The number of nitrogens with zero attached hydrogens (tertiary/aromatic N) is 8. The largest absolute Gasteiger partial charge is 0.495 e. The van der Waals surface area contributed by atoms with Gasteiger partial charge in [-0.15, -0.1) is 0 Å². The van der Waals surface area contributed by atoms with Crippen molar-refractivity contribution in [3.63, 3.8) is 0 Å². The molecule has 14 aromatic carbocycles. The predicted molar refractivity (Wildman–Crippen MR) is 490 cm³/mol. The van der Waals surface area contributed by atoms with Crippen molar-refractivity contribution in [2.24, 2.45) is 0 Å². The highest BCUT2D eigenvalue weighted by Crippen LogP contribution is 2.42. The minimum absolute atomic E-state index is 0.384. The molecule has 1 saturated heterocycles. The van der Waals surface area contributed by atoms with Crippen LogP contribution in [0.5, 0.6) is 0 Å². The molecule has 0 N–H and O–H groups in total. The summed E-state index contributed by atoms with van der Waals surface area (Å²) in [5, 5.41) is 8.72. The molecule has 1 aliphatic heterocycles. The van der Waals surface area contributed by atoms with Gasteiger partial charge in [-0.2, -0.15) is 0 Å². The first-order valence-corrected chi connectivity index (χ1v) is 40.4. The van der Waals surface area contributed by atoms with Crippen LogP contribution < -0.4 is 5.46 Å². The van der Waals surface area contributed by atoms with E-state index >= 15 is 0 Å². The summed E-state index contributed by atoms with van der Waals surface area (Å²) in [7, 11) is -0.411. The third-order valence-corrected chi connectivity index (χ3v) is 23.0. The van der Waals surface area contributed by atoms with Crippen LogP contribution in [-0.4, -0.2) is 58.2 Å². The Bertz CT molecular complexity index is 6890. The normalized spacial score (nSPS) is 12.8. The Balaban J connectivity index is 0.000000125. The average Bonchev–Trinajstić information content (AvgIpc) is 1.14. The third kappa shape index (κ3) is 15.0. The van der Waals surface area contributed by atoms with Crippen molar-refractivity contribution in [1.82, 2.24) is 39.9 Å². The highest BCUT2D eigenvalue weighted by atomic mass is 79.9. The molecular formula is C106H76BBrN8O2. The molecule has 1 aliphatic rings. The van der Waals surface area contributed by atoms with E-state index in [0.717, 1.165) is 155 Å². The number of rotatable bonds is 12. The number of hydrogen-bond donors (Lipinski definition) is 0.